The number of benzene rings is 1. The van der Waals surface area contributed by atoms with E-state index < -0.39 is 0 Å². The van der Waals surface area contributed by atoms with E-state index in [-0.39, 0.29) is 11.2 Å². The molecule has 2 rings (SSSR count). The normalized spacial score (nSPS) is 20.6. The first-order chi connectivity index (χ1) is 7.50. The number of thiol groups is 1. The number of carbonyl (C=O) groups excluding carboxylic acids is 1. The third kappa shape index (κ3) is 2.21. The van der Waals surface area contributed by atoms with E-state index in [0.717, 1.165) is 4.47 Å². The topological polar surface area (TPSA) is 20.3 Å². The first-order valence-corrected chi connectivity index (χ1v) is 6.69. The highest BCUT2D eigenvalue weighted by Gasteiger charge is 2.30. The Morgan fingerprint density at radius 3 is 2.62 bits per heavy atom. The van der Waals surface area contributed by atoms with Crippen LogP contribution < -0.4 is 4.90 Å². The lowest BCUT2D eigenvalue weighted by atomic mass is 10.3. The lowest BCUT2D eigenvalue weighted by Gasteiger charge is -2.18. The Balaban J connectivity index is 2.42. The highest BCUT2D eigenvalue weighted by molar-refractivity contribution is 9.10. The smallest absolute Gasteiger partial charge is 0.228 e. The predicted molar refractivity (Wildman–Crippen MR) is 73.9 cm³/mol. The van der Waals surface area contributed by atoms with Crippen LogP contribution in [0.4, 0.5) is 5.69 Å². The molecular formula is C10H8BrCl2NOS. The number of rotatable bonds is 1. The molecule has 0 N–H and O–H groups in total. The Morgan fingerprint density at radius 1 is 1.38 bits per heavy atom. The average molecular weight is 341 g/mol. The third-order valence-corrected chi connectivity index (χ3v) is 4.52. The second-order valence-electron chi connectivity index (χ2n) is 3.56. The number of nitrogens with zero attached hydrogens (tertiary/aromatic N) is 1. The quantitative estimate of drug-likeness (QED) is 0.609. The molecule has 1 atom stereocenters. The van der Waals surface area contributed by atoms with E-state index in [0.29, 0.717) is 28.7 Å². The minimum atomic E-state index is 0.0280. The molecule has 1 aliphatic heterocycles. The maximum absolute atomic E-state index is 11.7. The van der Waals surface area contributed by atoms with Gasteiger partial charge < -0.3 is 4.90 Å². The van der Waals surface area contributed by atoms with Crippen molar-refractivity contribution in [2.24, 2.45) is 0 Å². The Labute approximate surface area is 117 Å². The van der Waals surface area contributed by atoms with Crippen molar-refractivity contribution < 1.29 is 4.79 Å². The highest BCUT2D eigenvalue weighted by Crippen LogP contribution is 2.39. The minimum Gasteiger partial charge on any atom is -0.310 e. The second-order valence-corrected chi connectivity index (χ2v) is 5.90. The fourth-order valence-corrected chi connectivity index (χ4v) is 2.84. The summed E-state index contributed by atoms with van der Waals surface area (Å²) in [5, 5.41) is 0.882. The van der Waals surface area contributed by atoms with Gasteiger partial charge in [0.1, 0.15) is 0 Å². The van der Waals surface area contributed by atoms with Crippen LogP contribution in [-0.4, -0.2) is 17.7 Å². The minimum absolute atomic E-state index is 0.0280. The first-order valence-electron chi connectivity index (χ1n) is 4.62. The number of hydrogen-bond donors (Lipinski definition) is 1. The van der Waals surface area contributed by atoms with E-state index in [9.17, 15) is 4.79 Å². The van der Waals surface area contributed by atoms with E-state index in [1.54, 1.807) is 17.0 Å². The number of hydrogen-bond acceptors (Lipinski definition) is 2. The van der Waals surface area contributed by atoms with Crippen LogP contribution in [0.1, 0.15) is 6.42 Å². The molecule has 2 nitrogen and oxygen atoms in total. The van der Waals surface area contributed by atoms with Crippen molar-refractivity contribution in [2.45, 2.75) is 11.7 Å². The van der Waals surface area contributed by atoms with Gasteiger partial charge in [-0.05, 0) is 28.1 Å². The molecule has 1 aliphatic rings. The molecule has 1 amide bonds. The molecule has 0 saturated carbocycles. The lowest BCUT2D eigenvalue weighted by Crippen LogP contribution is -2.24. The van der Waals surface area contributed by atoms with Gasteiger partial charge >= 0.3 is 0 Å². The fourth-order valence-electron chi connectivity index (χ4n) is 1.65. The maximum atomic E-state index is 11.7. The van der Waals surface area contributed by atoms with Crippen LogP contribution in [0, 0.1) is 0 Å². The van der Waals surface area contributed by atoms with Gasteiger partial charge in [0.05, 0.1) is 15.7 Å². The molecule has 1 fully saturated rings. The molecular weight excluding hydrogens is 333 g/mol. The van der Waals surface area contributed by atoms with Crippen molar-refractivity contribution in [1.29, 1.82) is 0 Å². The van der Waals surface area contributed by atoms with E-state index in [4.69, 9.17) is 23.2 Å². The van der Waals surface area contributed by atoms with E-state index >= 15 is 0 Å². The molecule has 1 unspecified atom stereocenters. The van der Waals surface area contributed by atoms with Gasteiger partial charge in [-0.15, -0.1) is 0 Å². The number of halogens is 3. The summed E-state index contributed by atoms with van der Waals surface area (Å²) >= 11 is 19.7. The molecule has 6 heteroatoms. The van der Waals surface area contributed by atoms with Crippen molar-refractivity contribution in [2.75, 3.05) is 11.4 Å². The standard InChI is InChI=1S/C10H8BrCl2NOS/c11-6-1-2-7(10(13)9(6)12)14-4-5(16)3-8(14)15/h1-2,5,16H,3-4H2. The molecule has 0 aliphatic carbocycles. The molecule has 86 valence electrons. The van der Waals surface area contributed by atoms with Gasteiger partial charge in [-0.2, -0.15) is 12.6 Å². The number of carbonyl (C=O) groups is 1. The summed E-state index contributed by atoms with van der Waals surface area (Å²) < 4.78 is 0.719. The largest absolute Gasteiger partial charge is 0.310 e. The number of amides is 1. The monoisotopic (exact) mass is 339 g/mol. The van der Waals surface area contributed by atoms with Crippen molar-refractivity contribution in [3.63, 3.8) is 0 Å². The van der Waals surface area contributed by atoms with Gasteiger partial charge in [-0.25, -0.2) is 0 Å². The van der Waals surface area contributed by atoms with Gasteiger partial charge in [-0.3, -0.25) is 4.79 Å². The maximum Gasteiger partial charge on any atom is 0.228 e. The second kappa shape index (κ2) is 4.77. The van der Waals surface area contributed by atoms with Crippen molar-refractivity contribution in [1.82, 2.24) is 0 Å². The zero-order valence-corrected chi connectivity index (χ0v) is 12.1. The molecule has 16 heavy (non-hydrogen) atoms. The van der Waals surface area contributed by atoms with Gasteiger partial charge in [-0.1, -0.05) is 23.2 Å². The summed E-state index contributed by atoms with van der Waals surface area (Å²) in [7, 11) is 0. The fraction of sp³-hybridized carbons (Fsp3) is 0.300. The van der Waals surface area contributed by atoms with Crippen molar-refractivity contribution in [3.05, 3.63) is 26.7 Å². The van der Waals surface area contributed by atoms with Gasteiger partial charge in [0, 0.05) is 22.7 Å². The van der Waals surface area contributed by atoms with Crippen LogP contribution in [0.25, 0.3) is 0 Å². The molecule has 0 radical (unpaired) electrons. The van der Waals surface area contributed by atoms with E-state index in [1.165, 1.54) is 0 Å². The summed E-state index contributed by atoms with van der Waals surface area (Å²) in [6.45, 7) is 0.569. The van der Waals surface area contributed by atoms with E-state index in [1.807, 2.05) is 0 Å². The zero-order valence-electron chi connectivity index (χ0n) is 8.08. The molecule has 1 heterocycles. The lowest BCUT2D eigenvalue weighted by molar-refractivity contribution is -0.117. The van der Waals surface area contributed by atoms with Crippen LogP contribution in [-0.2, 0) is 4.79 Å². The summed E-state index contributed by atoms with van der Waals surface area (Å²) in [5.74, 6) is 0.0280. The molecule has 1 aromatic carbocycles. The Hall–Kier alpha value is 0.1000. The summed E-state index contributed by atoms with van der Waals surface area (Å²) in [6.07, 6.45) is 0.438. The number of anilines is 1. The van der Waals surface area contributed by atoms with Gasteiger partial charge in [0.25, 0.3) is 0 Å². The van der Waals surface area contributed by atoms with Crippen LogP contribution in [0.15, 0.2) is 16.6 Å². The van der Waals surface area contributed by atoms with Crippen LogP contribution in [0.5, 0.6) is 0 Å². The van der Waals surface area contributed by atoms with Gasteiger partial charge in [0.2, 0.25) is 5.91 Å². The first kappa shape index (κ1) is 12.6. The van der Waals surface area contributed by atoms with Crippen molar-refractivity contribution >= 4 is 63.4 Å². The molecule has 0 bridgehead atoms. The summed E-state index contributed by atoms with van der Waals surface area (Å²) in [4.78, 5) is 13.3. The average Bonchev–Trinajstić information content (AvgIpc) is 2.55. The zero-order chi connectivity index (χ0) is 11.9. The van der Waals surface area contributed by atoms with Crippen molar-refractivity contribution in [3.8, 4) is 0 Å². The molecule has 0 aromatic heterocycles. The van der Waals surface area contributed by atoms with Crippen LogP contribution in [0.2, 0.25) is 10.0 Å². The summed E-state index contributed by atoms with van der Waals surface area (Å²) in [6, 6.07) is 3.56. The van der Waals surface area contributed by atoms with Crippen LogP contribution >= 0.6 is 51.8 Å². The van der Waals surface area contributed by atoms with Crippen LogP contribution in [0.3, 0.4) is 0 Å². The Kier molecular flexibility index (Phi) is 3.74. The Morgan fingerprint density at radius 2 is 2.06 bits per heavy atom. The third-order valence-electron chi connectivity index (χ3n) is 2.41. The predicted octanol–water partition coefficient (Wildman–Crippen LogP) is 3.79. The Bertz CT molecular complexity index is 455. The van der Waals surface area contributed by atoms with Gasteiger partial charge in [0.15, 0.2) is 0 Å². The SMILES string of the molecule is O=C1CC(S)CN1c1ccc(Br)c(Cl)c1Cl. The highest BCUT2D eigenvalue weighted by atomic mass is 79.9. The summed E-state index contributed by atoms with van der Waals surface area (Å²) in [5.41, 5.74) is 0.649. The van der Waals surface area contributed by atoms with E-state index in [2.05, 4.69) is 28.6 Å². The molecule has 1 saturated heterocycles. The molecule has 0 spiro atoms. The molecule has 1 aromatic rings.